The van der Waals surface area contributed by atoms with E-state index in [9.17, 15) is 31.8 Å². The van der Waals surface area contributed by atoms with Gasteiger partial charge in [-0.1, -0.05) is 19.4 Å². The summed E-state index contributed by atoms with van der Waals surface area (Å²) >= 11 is 0. The molecule has 0 bridgehead atoms. The number of hydrogen-bond acceptors (Lipinski definition) is 9. The number of sulfonamides is 2. The van der Waals surface area contributed by atoms with Crippen LogP contribution in [0.1, 0.15) is 44.3 Å². The first-order valence-electron chi connectivity index (χ1n) is 12.8. The topological polar surface area (TPSA) is 177 Å². The van der Waals surface area contributed by atoms with E-state index in [0.29, 0.717) is 12.1 Å². The molecule has 0 radical (unpaired) electrons. The maximum absolute atomic E-state index is 12.5. The Morgan fingerprint density at radius 2 is 1.74 bits per heavy atom. The summed E-state index contributed by atoms with van der Waals surface area (Å²) in [5.74, 6) is -0.230. The number of amides is 2. The van der Waals surface area contributed by atoms with E-state index in [0.717, 1.165) is 50.7 Å². The summed E-state index contributed by atoms with van der Waals surface area (Å²) in [6.45, 7) is 4.07. The Labute approximate surface area is 229 Å². The summed E-state index contributed by atoms with van der Waals surface area (Å²) in [5.41, 5.74) is 1.34. The van der Waals surface area contributed by atoms with Crippen LogP contribution in [0.4, 0.5) is 16.2 Å². The van der Waals surface area contributed by atoms with Gasteiger partial charge in [0.1, 0.15) is 5.75 Å². The summed E-state index contributed by atoms with van der Waals surface area (Å²) in [6, 6.07) is 10.1. The lowest BCUT2D eigenvalue weighted by Crippen LogP contribution is -2.43. The minimum absolute atomic E-state index is 0.00607. The number of benzene rings is 2. The van der Waals surface area contributed by atoms with Gasteiger partial charge in [0.25, 0.3) is 10.0 Å². The van der Waals surface area contributed by atoms with Crippen LogP contribution in [0.2, 0.25) is 0 Å². The molecule has 0 saturated carbocycles. The van der Waals surface area contributed by atoms with Gasteiger partial charge in [0, 0.05) is 37.9 Å². The Bertz CT molecular complexity index is 1330. The number of carbonyl (C=O) groups excluding carboxylic acids is 1. The number of nitrogens with zero attached hydrogens (tertiary/aromatic N) is 1. The molecule has 0 aromatic heterocycles. The van der Waals surface area contributed by atoms with Gasteiger partial charge < -0.3 is 25.7 Å². The van der Waals surface area contributed by atoms with Gasteiger partial charge >= 0.3 is 6.03 Å². The highest BCUT2D eigenvalue weighted by atomic mass is 32.2. The summed E-state index contributed by atoms with van der Waals surface area (Å²) in [6.07, 6.45) is 3.32. The highest BCUT2D eigenvalue weighted by Crippen LogP contribution is 2.28. The molecule has 1 fully saturated rings. The first-order valence-corrected chi connectivity index (χ1v) is 16.1. The van der Waals surface area contributed by atoms with Crippen LogP contribution in [-0.4, -0.2) is 71.6 Å². The number of nitrogens with one attached hydrogen (secondary N) is 4. The number of aliphatic hydroxyl groups is 1. The van der Waals surface area contributed by atoms with Crippen LogP contribution in [0.25, 0.3) is 0 Å². The smallest absolute Gasteiger partial charge is 0.328 e. The molecule has 1 aliphatic rings. The number of unbranched alkanes of at least 4 members (excludes halogenated alkanes) is 1. The van der Waals surface area contributed by atoms with E-state index in [1.54, 1.807) is 12.1 Å². The van der Waals surface area contributed by atoms with Crippen LogP contribution in [-0.2, 0) is 20.0 Å². The van der Waals surface area contributed by atoms with Gasteiger partial charge in [0.15, 0.2) is 0 Å². The minimum Gasteiger partial charge on any atom is -0.506 e. The van der Waals surface area contributed by atoms with Crippen LogP contribution >= 0.6 is 0 Å². The fraction of sp³-hybridized carbons (Fsp3) is 0.480. The molecular weight excluding hydrogens is 546 g/mol. The van der Waals surface area contributed by atoms with Crippen LogP contribution < -0.4 is 25.0 Å². The van der Waals surface area contributed by atoms with Crippen LogP contribution in [0.3, 0.4) is 0 Å². The second kappa shape index (κ2) is 13.3. The van der Waals surface area contributed by atoms with E-state index < -0.39 is 32.2 Å². The van der Waals surface area contributed by atoms with E-state index in [1.807, 2.05) is 11.6 Å². The predicted molar refractivity (Wildman–Crippen MR) is 150 cm³/mol. The molecule has 0 unspecified atom stereocenters. The largest absolute Gasteiger partial charge is 0.506 e. The predicted octanol–water partition coefficient (Wildman–Crippen LogP) is 1.84. The fourth-order valence-electron chi connectivity index (χ4n) is 4.21. The summed E-state index contributed by atoms with van der Waals surface area (Å²) < 4.78 is 52.2. The normalized spacial score (nSPS) is 15.5. The molecule has 0 spiro atoms. The Morgan fingerprint density at radius 1 is 1.08 bits per heavy atom. The lowest BCUT2D eigenvalue weighted by Gasteiger charge is -2.34. The van der Waals surface area contributed by atoms with Gasteiger partial charge in [-0.25, -0.2) is 26.4 Å². The zero-order chi connectivity index (χ0) is 28.6. The van der Waals surface area contributed by atoms with E-state index in [2.05, 4.69) is 20.3 Å². The molecule has 1 saturated heterocycles. The van der Waals surface area contributed by atoms with E-state index in [1.165, 1.54) is 30.3 Å². The highest BCUT2D eigenvalue weighted by molar-refractivity contribution is 7.92. The lowest BCUT2D eigenvalue weighted by molar-refractivity contribution is 0.167. The van der Waals surface area contributed by atoms with Gasteiger partial charge in [0.2, 0.25) is 10.0 Å². The number of phenolic OH excluding ortho intramolecular Hbond substituents is 1. The Kier molecular flexibility index (Phi) is 10.4. The van der Waals surface area contributed by atoms with Gasteiger partial charge in [-0.05, 0) is 61.2 Å². The Morgan fingerprint density at radius 3 is 2.36 bits per heavy atom. The quantitative estimate of drug-likeness (QED) is 0.161. The van der Waals surface area contributed by atoms with E-state index in [4.69, 9.17) is 0 Å². The van der Waals surface area contributed by atoms with Crippen molar-refractivity contribution in [2.24, 2.45) is 0 Å². The molecular formula is C25H37N5O7S2. The molecule has 14 heteroatoms. The molecule has 3 rings (SSSR count). The third kappa shape index (κ3) is 9.27. The van der Waals surface area contributed by atoms with Crippen molar-refractivity contribution < 1.29 is 31.8 Å². The van der Waals surface area contributed by atoms with E-state index in [-0.39, 0.29) is 28.9 Å². The fourth-order valence-corrected chi connectivity index (χ4v) is 5.70. The van der Waals surface area contributed by atoms with Crippen molar-refractivity contribution in [1.82, 2.24) is 15.4 Å². The zero-order valence-corrected chi connectivity index (χ0v) is 23.7. The second-order valence-corrected chi connectivity index (χ2v) is 13.0. The molecule has 0 aliphatic carbocycles. The molecule has 6 N–H and O–H groups in total. The average Bonchev–Trinajstić information content (AvgIpc) is 2.88. The maximum atomic E-state index is 12.5. The second-order valence-electron chi connectivity index (χ2n) is 9.55. The zero-order valence-electron chi connectivity index (χ0n) is 22.1. The standard InChI is InChI=1S/C25H37N5O7S2/c1-3-4-13-26-25(33)29-39(36,37)21-8-6-20(7-9-21)30-14-11-19(12-15-30)27-17-24(32)18-5-10-23(31)22(16-18)28-38(2,34)35/h5-10,16,19,24,27-28,31-32H,3-4,11-15,17H2,1-2H3,(H2,26,29,33)/t24-/m1/s1. The number of carbonyl (C=O) groups is 1. The van der Waals surface area contributed by atoms with Crippen molar-refractivity contribution in [1.29, 1.82) is 0 Å². The molecule has 1 atom stereocenters. The molecule has 1 aliphatic heterocycles. The summed E-state index contributed by atoms with van der Waals surface area (Å²) in [5, 5.41) is 26.3. The average molecular weight is 584 g/mol. The number of rotatable bonds is 12. The van der Waals surface area contributed by atoms with Crippen molar-refractivity contribution >= 4 is 37.5 Å². The lowest BCUT2D eigenvalue weighted by atomic mass is 10.0. The van der Waals surface area contributed by atoms with Gasteiger partial charge in [-0.15, -0.1) is 0 Å². The van der Waals surface area contributed by atoms with Crippen molar-refractivity contribution in [3.63, 3.8) is 0 Å². The first kappa shape index (κ1) is 30.5. The molecule has 2 amide bonds. The third-order valence-electron chi connectivity index (χ3n) is 6.35. The summed E-state index contributed by atoms with van der Waals surface area (Å²) in [4.78, 5) is 14.0. The number of hydrogen-bond donors (Lipinski definition) is 6. The third-order valence-corrected chi connectivity index (χ3v) is 8.29. The van der Waals surface area contributed by atoms with Gasteiger partial charge in [-0.2, -0.15) is 0 Å². The minimum atomic E-state index is -3.97. The van der Waals surface area contributed by atoms with Crippen molar-refractivity contribution in [3.8, 4) is 5.75 Å². The Hall–Kier alpha value is -3.07. The molecule has 39 heavy (non-hydrogen) atoms. The van der Waals surface area contributed by atoms with E-state index >= 15 is 0 Å². The van der Waals surface area contributed by atoms with Crippen molar-refractivity contribution in [2.75, 3.05) is 42.1 Å². The van der Waals surface area contributed by atoms with Gasteiger partial charge in [0.05, 0.1) is 22.9 Å². The van der Waals surface area contributed by atoms with Crippen molar-refractivity contribution in [3.05, 3.63) is 48.0 Å². The molecule has 2 aromatic rings. The summed E-state index contributed by atoms with van der Waals surface area (Å²) in [7, 11) is -7.55. The number of urea groups is 1. The van der Waals surface area contributed by atoms with Crippen molar-refractivity contribution in [2.45, 2.75) is 49.6 Å². The SMILES string of the molecule is CCCCNC(=O)NS(=O)(=O)c1ccc(N2CCC(NC[C@@H](O)c3ccc(O)c(NS(C)(=O)=O)c3)CC2)cc1. The molecule has 1 heterocycles. The first-order chi connectivity index (χ1) is 18.4. The van der Waals surface area contributed by atoms with Crippen LogP contribution in [0.15, 0.2) is 47.4 Å². The van der Waals surface area contributed by atoms with Crippen LogP contribution in [0, 0.1) is 0 Å². The molecule has 12 nitrogen and oxygen atoms in total. The number of phenols is 1. The number of aliphatic hydroxyl groups excluding tert-OH is 1. The highest BCUT2D eigenvalue weighted by Gasteiger charge is 2.22. The number of aromatic hydroxyl groups is 1. The monoisotopic (exact) mass is 583 g/mol. The molecule has 2 aromatic carbocycles. The number of piperidine rings is 1. The number of anilines is 2. The molecule has 216 valence electrons. The maximum Gasteiger partial charge on any atom is 0.328 e. The van der Waals surface area contributed by atoms with Gasteiger partial charge in [-0.3, -0.25) is 4.72 Å². The Balaban J connectivity index is 1.49. The van der Waals surface area contributed by atoms with Crippen LogP contribution in [0.5, 0.6) is 5.75 Å².